The van der Waals surface area contributed by atoms with Crippen molar-refractivity contribution in [2.24, 2.45) is 5.73 Å². The van der Waals surface area contributed by atoms with Crippen molar-refractivity contribution in [3.8, 4) is 0 Å². The Kier molecular flexibility index (Phi) is 7.90. The molecular formula is C13H28N2O3S. The van der Waals surface area contributed by atoms with Crippen LogP contribution in [0.4, 0.5) is 0 Å². The van der Waals surface area contributed by atoms with E-state index in [0.29, 0.717) is 18.4 Å². The molecule has 0 aromatic carbocycles. The van der Waals surface area contributed by atoms with Crippen LogP contribution in [0.25, 0.3) is 0 Å². The van der Waals surface area contributed by atoms with E-state index in [-0.39, 0.29) is 5.75 Å². The average Bonchev–Trinajstić information content (AvgIpc) is 2.41. The number of sulfone groups is 1. The third-order valence-electron chi connectivity index (χ3n) is 3.61. The smallest absolute Gasteiger partial charge is 0.150 e. The Morgan fingerprint density at radius 3 is 2.53 bits per heavy atom. The summed E-state index contributed by atoms with van der Waals surface area (Å²) < 4.78 is 28.5. The molecular weight excluding hydrogens is 264 g/mol. The van der Waals surface area contributed by atoms with Crippen molar-refractivity contribution in [2.75, 3.05) is 44.3 Å². The van der Waals surface area contributed by atoms with Gasteiger partial charge in [-0.25, -0.2) is 8.42 Å². The highest BCUT2D eigenvalue weighted by Gasteiger charge is 2.19. The van der Waals surface area contributed by atoms with Crippen LogP contribution in [0, 0.1) is 0 Å². The Hall–Kier alpha value is -0.170. The van der Waals surface area contributed by atoms with Crippen LogP contribution < -0.4 is 5.73 Å². The summed E-state index contributed by atoms with van der Waals surface area (Å²) in [5.74, 6) is 0.570. The third-order valence-corrected chi connectivity index (χ3v) is 5.40. The van der Waals surface area contributed by atoms with Crippen LogP contribution in [0.15, 0.2) is 0 Å². The maximum absolute atomic E-state index is 11.4. The monoisotopic (exact) mass is 292 g/mol. The first-order chi connectivity index (χ1) is 9.07. The number of nitrogens with zero attached hydrogens (tertiary/aromatic N) is 1. The molecule has 0 spiro atoms. The van der Waals surface area contributed by atoms with E-state index in [4.69, 9.17) is 10.5 Å². The normalized spacial score (nSPS) is 18.8. The fourth-order valence-corrected chi connectivity index (χ4v) is 3.14. The van der Waals surface area contributed by atoms with Crippen molar-refractivity contribution in [3.05, 3.63) is 0 Å². The lowest BCUT2D eigenvalue weighted by atomic mass is 10.1. The lowest BCUT2D eigenvalue weighted by Gasteiger charge is -2.31. The number of rotatable bonds is 9. The molecule has 1 aliphatic heterocycles. The molecule has 0 aliphatic carbocycles. The van der Waals surface area contributed by atoms with Gasteiger partial charge in [-0.1, -0.05) is 6.92 Å². The van der Waals surface area contributed by atoms with Crippen LogP contribution in [0.2, 0.25) is 0 Å². The molecule has 114 valence electrons. The van der Waals surface area contributed by atoms with Crippen LogP contribution in [0.3, 0.4) is 0 Å². The predicted molar refractivity (Wildman–Crippen MR) is 78.0 cm³/mol. The topological polar surface area (TPSA) is 72.6 Å². The minimum atomic E-state index is -2.81. The van der Waals surface area contributed by atoms with Gasteiger partial charge in [-0.05, 0) is 38.8 Å². The maximum Gasteiger partial charge on any atom is 0.150 e. The van der Waals surface area contributed by atoms with Gasteiger partial charge in [-0.15, -0.1) is 0 Å². The molecule has 0 aromatic heterocycles. The molecule has 1 saturated heterocycles. The fourth-order valence-electron chi connectivity index (χ4n) is 2.29. The summed E-state index contributed by atoms with van der Waals surface area (Å²) in [7, 11) is -2.81. The molecule has 0 bridgehead atoms. The van der Waals surface area contributed by atoms with E-state index in [1.165, 1.54) is 0 Å². The second kappa shape index (κ2) is 8.89. The maximum atomic E-state index is 11.4. The van der Waals surface area contributed by atoms with Gasteiger partial charge in [0.25, 0.3) is 0 Å². The number of hydrogen-bond donors (Lipinski definition) is 1. The van der Waals surface area contributed by atoms with Gasteiger partial charge in [-0.3, -0.25) is 0 Å². The number of piperidine rings is 1. The molecule has 6 heteroatoms. The van der Waals surface area contributed by atoms with Gasteiger partial charge < -0.3 is 15.4 Å². The SMILES string of the molecule is CCS(=O)(=O)CCCN1CCC(OCCCN)CC1. The second-order valence-corrected chi connectivity index (χ2v) is 7.62. The quantitative estimate of drug-likeness (QED) is 0.631. The minimum absolute atomic E-state index is 0.254. The molecule has 1 aliphatic rings. The Bertz CT molecular complexity index is 325. The van der Waals surface area contributed by atoms with E-state index in [1.807, 2.05) is 0 Å². The largest absolute Gasteiger partial charge is 0.378 e. The van der Waals surface area contributed by atoms with Crippen LogP contribution in [-0.2, 0) is 14.6 Å². The van der Waals surface area contributed by atoms with E-state index < -0.39 is 9.84 Å². The number of likely N-dealkylation sites (tertiary alicyclic amines) is 1. The lowest BCUT2D eigenvalue weighted by molar-refractivity contribution is 0.00737. The molecule has 1 rings (SSSR count). The van der Waals surface area contributed by atoms with Gasteiger partial charge in [-0.2, -0.15) is 0 Å². The predicted octanol–water partition coefficient (Wildman–Crippen LogP) is 0.641. The van der Waals surface area contributed by atoms with E-state index in [9.17, 15) is 8.42 Å². The molecule has 0 atom stereocenters. The van der Waals surface area contributed by atoms with Crippen LogP contribution in [0.5, 0.6) is 0 Å². The van der Waals surface area contributed by atoms with Gasteiger partial charge in [0.2, 0.25) is 0 Å². The first-order valence-corrected chi connectivity index (χ1v) is 9.14. The summed E-state index contributed by atoms with van der Waals surface area (Å²) in [6.07, 6.45) is 4.13. The molecule has 1 heterocycles. The highest BCUT2D eigenvalue weighted by molar-refractivity contribution is 7.91. The van der Waals surface area contributed by atoms with Crippen molar-refractivity contribution >= 4 is 9.84 Å². The van der Waals surface area contributed by atoms with Gasteiger partial charge in [0, 0.05) is 25.4 Å². The first-order valence-electron chi connectivity index (χ1n) is 7.32. The second-order valence-electron chi connectivity index (χ2n) is 5.14. The number of hydrogen-bond acceptors (Lipinski definition) is 5. The van der Waals surface area contributed by atoms with E-state index in [0.717, 1.165) is 51.9 Å². The third kappa shape index (κ3) is 7.25. The molecule has 19 heavy (non-hydrogen) atoms. The number of nitrogens with two attached hydrogens (primary N) is 1. The Labute approximate surface area is 117 Å². The van der Waals surface area contributed by atoms with Crippen LogP contribution >= 0.6 is 0 Å². The van der Waals surface area contributed by atoms with Crippen LogP contribution in [-0.4, -0.2) is 63.7 Å². The van der Waals surface area contributed by atoms with E-state index >= 15 is 0 Å². The zero-order valence-electron chi connectivity index (χ0n) is 12.0. The fraction of sp³-hybridized carbons (Fsp3) is 1.00. The van der Waals surface area contributed by atoms with Gasteiger partial charge in [0.05, 0.1) is 11.9 Å². The van der Waals surface area contributed by atoms with Crippen molar-refractivity contribution in [1.82, 2.24) is 4.90 Å². The summed E-state index contributed by atoms with van der Waals surface area (Å²) in [6, 6.07) is 0. The Morgan fingerprint density at radius 2 is 1.95 bits per heavy atom. The van der Waals surface area contributed by atoms with Gasteiger partial charge >= 0.3 is 0 Å². The van der Waals surface area contributed by atoms with Gasteiger partial charge in [0.15, 0.2) is 0 Å². The van der Waals surface area contributed by atoms with E-state index in [2.05, 4.69) is 4.90 Å². The minimum Gasteiger partial charge on any atom is -0.378 e. The molecule has 0 saturated carbocycles. The Morgan fingerprint density at radius 1 is 1.26 bits per heavy atom. The molecule has 1 fully saturated rings. The van der Waals surface area contributed by atoms with Crippen molar-refractivity contribution in [1.29, 1.82) is 0 Å². The summed E-state index contributed by atoms with van der Waals surface area (Å²) in [5, 5.41) is 0. The van der Waals surface area contributed by atoms with Gasteiger partial charge in [0.1, 0.15) is 9.84 Å². The molecule has 0 radical (unpaired) electrons. The van der Waals surface area contributed by atoms with Crippen molar-refractivity contribution < 1.29 is 13.2 Å². The van der Waals surface area contributed by atoms with E-state index in [1.54, 1.807) is 6.92 Å². The van der Waals surface area contributed by atoms with Crippen LogP contribution in [0.1, 0.15) is 32.6 Å². The Balaban J connectivity index is 2.10. The summed E-state index contributed by atoms with van der Waals surface area (Å²) in [5.41, 5.74) is 5.43. The van der Waals surface area contributed by atoms with Crippen molar-refractivity contribution in [3.63, 3.8) is 0 Å². The van der Waals surface area contributed by atoms with Crippen molar-refractivity contribution in [2.45, 2.75) is 38.7 Å². The molecule has 0 aromatic rings. The average molecular weight is 292 g/mol. The molecule has 0 amide bonds. The lowest BCUT2D eigenvalue weighted by Crippen LogP contribution is -2.38. The zero-order chi connectivity index (χ0) is 14.1. The highest BCUT2D eigenvalue weighted by Crippen LogP contribution is 2.14. The highest BCUT2D eigenvalue weighted by atomic mass is 32.2. The molecule has 5 nitrogen and oxygen atoms in total. The summed E-state index contributed by atoms with van der Waals surface area (Å²) >= 11 is 0. The first kappa shape index (κ1) is 16.9. The molecule has 0 unspecified atom stereocenters. The zero-order valence-corrected chi connectivity index (χ0v) is 12.8. The summed E-state index contributed by atoms with van der Waals surface area (Å²) in [4.78, 5) is 2.34. The summed E-state index contributed by atoms with van der Waals surface area (Å²) in [6.45, 7) is 6.06. The standard InChI is InChI=1S/C13H28N2O3S/c1-2-19(16,17)12-4-8-15-9-5-13(6-10-15)18-11-3-7-14/h13H,2-12,14H2,1H3. The molecule has 2 N–H and O–H groups in total. The number of ether oxygens (including phenoxy) is 1.